The van der Waals surface area contributed by atoms with Gasteiger partial charge in [0.05, 0.1) is 0 Å². The molecule has 0 radical (unpaired) electrons. The summed E-state index contributed by atoms with van der Waals surface area (Å²) in [5.74, 6) is 0. The van der Waals surface area contributed by atoms with Gasteiger partial charge in [-0.3, -0.25) is 0 Å². The molecule has 2 aromatic carbocycles. The fourth-order valence-corrected chi connectivity index (χ4v) is 2.37. The quantitative estimate of drug-likeness (QED) is 0.547. The number of hydrogen-bond acceptors (Lipinski definition) is 0. The van der Waals surface area contributed by atoms with Crippen molar-refractivity contribution in [1.82, 2.24) is 0 Å². The van der Waals surface area contributed by atoms with Crippen molar-refractivity contribution in [2.24, 2.45) is 0 Å². The molecule has 0 atom stereocenters. The largest absolute Gasteiger partial charge is 0.747 e. The van der Waals surface area contributed by atoms with Crippen LogP contribution in [0.5, 0.6) is 0 Å². The minimum Gasteiger partial charge on any atom is -0.747 e. The molecular weight excluding hydrogens is 272 g/mol. The first-order chi connectivity index (χ1) is 8.76. The van der Waals surface area contributed by atoms with Gasteiger partial charge in [-0.25, -0.2) is 25.0 Å². The summed E-state index contributed by atoms with van der Waals surface area (Å²) < 4.78 is 0. The molecule has 0 fully saturated rings. The van der Waals surface area contributed by atoms with Crippen LogP contribution in [0.4, 0.5) is 0 Å². The van der Waals surface area contributed by atoms with Crippen LogP contribution in [0.15, 0.2) is 36.4 Å². The molecule has 0 N–H and O–H groups in total. The van der Waals surface area contributed by atoms with Gasteiger partial charge in [0.25, 0.3) is 0 Å². The Hall–Kier alpha value is -0.781. The van der Waals surface area contributed by atoms with Crippen LogP contribution in [0, 0.1) is 0 Å². The molecule has 0 saturated carbocycles. The second kappa shape index (κ2) is 10.1. The Morgan fingerprint density at radius 3 is 1.89 bits per heavy atom. The summed E-state index contributed by atoms with van der Waals surface area (Å²) >= 11 is 0. The third-order valence-corrected chi connectivity index (χ3v) is 3.54. The molecule has 0 aliphatic rings. The first-order valence-electron chi connectivity index (χ1n) is 7.23. The van der Waals surface area contributed by atoms with E-state index in [0.29, 0.717) is 0 Å². The third-order valence-electron chi connectivity index (χ3n) is 3.54. The van der Waals surface area contributed by atoms with Gasteiger partial charge in [-0.2, -0.15) is 17.2 Å². The predicted octanol–water partition coefficient (Wildman–Crippen LogP) is 5.06. The van der Waals surface area contributed by atoms with Crippen molar-refractivity contribution in [3.8, 4) is 0 Å². The van der Waals surface area contributed by atoms with Crippen molar-refractivity contribution in [1.29, 1.82) is 0 Å². The van der Waals surface area contributed by atoms with Gasteiger partial charge in [-0.15, -0.1) is 0 Å². The molecule has 19 heavy (non-hydrogen) atoms. The van der Waals surface area contributed by atoms with Crippen molar-refractivity contribution in [2.75, 3.05) is 0 Å². The van der Waals surface area contributed by atoms with Crippen LogP contribution in [0.25, 0.3) is 0 Å². The Bertz CT molecular complexity index is 355. The SMILES string of the molecule is CC[c-]1[cH-][cH-][cH-][c-]1CC.CCc1ccc[c-]1CC.[Fe]. The summed E-state index contributed by atoms with van der Waals surface area (Å²) in [7, 11) is 0. The molecule has 0 aromatic heterocycles. The Morgan fingerprint density at radius 2 is 1.53 bits per heavy atom. The number of hydrogen-bond donors (Lipinski definition) is 0. The molecule has 1 heteroatoms. The summed E-state index contributed by atoms with van der Waals surface area (Å²) in [6.45, 7) is 8.81. The van der Waals surface area contributed by atoms with Crippen LogP contribution in [0.2, 0.25) is 0 Å². The maximum Gasteiger partial charge on any atom is 0 e. The topological polar surface area (TPSA) is 0 Å². The maximum atomic E-state index is 2.21. The number of rotatable bonds is 4. The van der Waals surface area contributed by atoms with Crippen LogP contribution >= 0.6 is 0 Å². The molecular formula is C18H26Fe-6. The van der Waals surface area contributed by atoms with E-state index < -0.39 is 0 Å². The minimum absolute atomic E-state index is 0. The van der Waals surface area contributed by atoms with Crippen molar-refractivity contribution in [3.63, 3.8) is 0 Å². The zero-order chi connectivity index (χ0) is 13.4. The van der Waals surface area contributed by atoms with Crippen molar-refractivity contribution in [2.45, 2.75) is 53.4 Å². The average Bonchev–Trinajstić information content (AvgIpc) is 3.06. The summed E-state index contributed by atoms with van der Waals surface area (Å²) in [5, 5.41) is 0. The molecule has 0 bridgehead atoms. The van der Waals surface area contributed by atoms with E-state index in [4.69, 9.17) is 0 Å². The molecule has 2 rings (SSSR count). The molecule has 0 aliphatic heterocycles. The van der Waals surface area contributed by atoms with Gasteiger partial charge >= 0.3 is 0 Å². The van der Waals surface area contributed by atoms with Crippen LogP contribution in [-0.2, 0) is 42.8 Å². The third kappa shape index (κ3) is 5.38. The van der Waals surface area contributed by atoms with Crippen LogP contribution in [0.1, 0.15) is 49.9 Å². The van der Waals surface area contributed by atoms with E-state index in [1.54, 1.807) is 0 Å². The van der Waals surface area contributed by atoms with E-state index in [1.807, 2.05) is 0 Å². The van der Waals surface area contributed by atoms with E-state index >= 15 is 0 Å². The van der Waals surface area contributed by atoms with Gasteiger partial charge in [0.1, 0.15) is 0 Å². The summed E-state index contributed by atoms with van der Waals surface area (Å²) in [4.78, 5) is 0. The molecule has 0 aliphatic carbocycles. The molecule has 0 amide bonds. The first-order valence-corrected chi connectivity index (χ1v) is 7.23. The molecule has 0 nitrogen and oxygen atoms in total. The van der Waals surface area contributed by atoms with Gasteiger partial charge in [-0.05, 0) is 0 Å². The van der Waals surface area contributed by atoms with E-state index in [1.165, 1.54) is 47.9 Å². The molecule has 0 saturated heterocycles. The van der Waals surface area contributed by atoms with E-state index in [-0.39, 0.29) is 17.1 Å². The second-order valence-corrected chi connectivity index (χ2v) is 4.57. The van der Waals surface area contributed by atoms with Gasteiger partial charge in [0.2, 0.25) is 0 Å². The summed E-state index contributed by atoms with van der Waals surface area (Å²) in [6.07, 6.45) is 4.71. The Morgan fingerprint density at radius 1 is 0.947 bits per heavy atom. The fraction of sp³-hybridized carbons (Fsp3) is 0.444. The van der Waals surface area contributed by atoms with Crippen LogP contribution in [0.3, 0.4) is 0 Å². The fourth-order valence-electron chi connectivity index (χ4n) is 2.37. The van der Waals surface area contributed by atoms with Gasteiger partial charge < -0.3 is 29.3 Å². The zero-order valence-corrected chi connectivity index (χ0v) is 13.8. The van der Waals surface area contributed by atoms with Crippen molar-refractivity contribution >= 4 is 0 Å². The monoisotopic (exact) mass is 298 g/mol. The van der Waals surface area contributed by atoms with Gasteiger partial charge in [0, 0.05) is 17.1 Å². The van der Waals surface area contributed by atoms with E-state index in [9.17, 15) is 0 Å². The standard InChI is InChI=1S/2C9H13.Fe/c2*1-3-8-6-5-7-9(8)4-2;/h2*5-7H,3-4H2,1-2H3;/q-5;-1;. The predicted molar refractivity (Wildman–Crippen MR) is 81.6 cm³/mol. The Balaban J connectivity index is 0.000000324. The van der Waals surface area contributed by atoms with E-state index in [0.717, 1.165) is 0 Å². The minimum atomic E-state index is 0. The summed E-state index contributed by atoms with van der Waals surface area (Å²) in [5.41, 5.74) is 6.05. The molecule has 112 valence electrons. The van der Waals surface area contributed by atoms with Crippen LogP contribution < -0.4 is 0 Å². The Labute approximate surface area is 129 Å². The number of aryl methyl sites for hydroxylation is 4. The second-order valence-electron chi connectivity index (χ2n) is 4.57. The molecule has 0 unspecified atom stereocenters. The smallest absolute Gasteiger partial charge is 0 e. The van der Waals surface area contributed by atoms with Crippen molar-refractivity contribution in [3.05, 3.63) is 58.7 Å². The summed E-state index contributed by atoms with van der Waals surface area (Å²) in [6, 6.07) is 13.1. The Kier molecular flexibility index (Phi) is 9.65. The normalized spacial score (nSPS) is 9.47. The average molecular weight is 298 g/mol. The van der Waals surface area contributed by atoms with E-state index in [2.05, 4.69) is 64.1 Å². The molecule has 0 heterocycles. The van der Waals surface area contributed by atoms with Crippen LogP contribution in [-0.4, -0.2) is 0 Å². The zero-order valence-electron chi connectivity index (χ0n) is 12.6. The van der Waals surface area contributed by atoms with Gasteiger partial charge in [0.15, 0.2) is 0 Å². The van der Waals surface area contributed by atoms with Gasteiger partial charge in [-0.1, -0.05) is 40.5 Å². The maximum absolute atomic E-state index is 2.21. The van der Waals surface area contributed by atoms with Crippen molar-refractivity contribution < 1.29 is 17.1 Å². The molecule has 0 spiro atoms. The molecule has 2 aromatic rings. The first kappa shape index (κ1) is 18.2.